The van der Waals surface area contributed by atoms with Gasteiger partial charge in [-0.05, 0) is 36.9 Å². The Morgan fingerprint density at radius 2 is 2.00 bits per heavy atom. The van der Waals surface area contributed by atoms with Crippen LogP contribution in [0.4, 0.5) is 14.5 Å². The van der Waals surface area contributed by atoms with E-state index in [0.29, 0.717) is 12.5 Å². The highest BCUT2D eigenvalue weighted by molar-refractivity contribution is 5.90. The van der Waals surface area contributed by atoms with Gasteiger partial charge >= 0.3 is 0 Å². The number of nitrogens with two attached hydrogens (primary N) is 1. The summed E-state index contributed by atoms with van der Waals surface area (Å²) in [5, 5.41) is 2.55. The Bertz CT molecular complexity index is 435. The number of rotatable bonds is 6. The molecule has 0 bridgehead atoms. The topological polar surface area (TPSA) is 55.1 Å². The Kier molecular flexibility index (Phi) is 5.89. The summed E-state index contributed by atoms with van der Waals surface area (Å²) in [7, 11) is 0. The second-order valence-electron chi connectivity index (χ2n) is 5.11. The van der Waals surface area contributed by atoms with Crippen LogP contribution < -0.4 is 11.1 Å². The average molecular weight is 270 g/mol. The molecular formula is C14H20F2N2O. The monoisotopic (exact) mass is 270 g/mol. The van der Waals surface area contributed by atoms with Gasteiger partial charge in [0.25, 0.3) is 0 Å². The van der Waals surface area contributed by atoms with E-state index in [1.165, 1.54) is 6.07 Å². The number of hydrogen-bond donors (Lipinski definition) is 2. The Labute approximate surface area is 112 Å². The van der Waals surface area contributed by atoms with Crippen molar-refractivity contribution in [2.45, 2.75) is 26.7 Å². The Morgan fingerprint density at radius 1 is 1.32 bits per heavy atom. The van der Waals surface area contributed by atoms with Gasteiger partial charge in [-0.25, -0.2) is 8.78 Å². The smallest absolute Gasteiger partial charge is 0.224 e. The van der Waals surface area contributed by atoms with Gasteiger partial charge in [-0.15, -0.1) is 0 Å². The molecule has 0 radical (unpaired) electrons. The SMILES string of the molecule is CC(C)CC(CN)CC(=O)Nc1ccc(F)c(F)c1. The highest BCUT2D eigenvalue weighted by Gasteiger charge is 2.14. The average Bonchev–Trinajstić information content (AvgIpc) is 2.32. The summed E-state index contributed by atoms with van der Waals surface area (Å²) in [6.07, 6.45) is 1.15. The molecule has 0 aromatic heterocycles. The van der Waals surface area contributed by atoms with Crippen LogP contribution in [0.15, 0.2) is 18.2 Å². The van der Waals surface area contributed by atoms with E-state index in [1.54, 1.807) is 0 Å². The molecule has 1 atom stereocenters. The number of halogens is 2. The summed E-state index contributed by atoms with van der Waals surface area (Å²) in [5.41, 5.74) is 5.87. The molecule has 19 heavy (non-hydrogen) atoms. The third-order valence-corrected chi connectivity index (χ3v) is 2.82. The van der Waals surface area contributed by atoms with Crippen LogP contribution in [-0.2, 0) is 4.79 Å². The summed E-state index contributed by atoms with van der Waals surface area (Å²) in [4.78, 5) is 11.8. The van der Waals surface area contributed by atoms with Crippen molar-refractivity contribution >= 4 is 11.6 Å². The summed E-state index contributed by atoms with van der Waals surface area (Å²) in [5.74, 6) is -1.58. The first-order valence-corrected chi connectivity index (χ1v) is 6.37. The number of benzene rings is 1. The predicted octanol–water partition coefficient (Wildman–Crippen LogP) is 2.91. The van der Waals surface area contributed by atoms with Crippen LogP contribution in [-0.4, -0.2) is 12.5 Å². The van der Waals surface area contributed by atoms with E-state index in [4.69, 9.17) is 5.73 Å². The van der Waals surface area contributed by atoms with Crippen LogP contribution in [0.25, 0.3) is 0 Å². The maximum absolute atomic E-state index is 13.0. The van der Waals surface area contributed by atoms with E-state index >= 15 is 0 Å². The quantitative estimate of drug-likeness (QED) is 0.835. The lowest BCUT2D eigenvalue weighted by Crippen LogP contribution is -2.23. The van der Waals surface area contributed by atoms with E-state index in [9.17, 15) is 13.6 Å². The predicted molar refractivity (Wildman–Crippen MR) is 71.6 cm³/mol. The molecule has 1 amide bonds. The summed E-state index contributed by atoms with van der Waals surface area (Å²) < 4.78 is 25.7. The minimum Gasteiger partial charge on any atom is -0.330 e. The van der Waals surface area contributed by atoms with Gasteiger partial charge in [0.05, 0.1) is 0 Å². The van der Waals surface area contributed by atoms with Crippen molar-refractivity contribution in [2.75, 3.05) is 11.9 Å². The highest BCUT2D eigenvalue weighted by Crippen LogP contribution is 2.17. The Hall–Kier alpha value is -1.49. The largest absolute Gasteiger partial charge is 0.330 e. The van der Waals surface area contributed by atoms with Gasteiger partial charge in [0.2, 0.25) is 5.91 Å². The molecule has 0 spiro atoms. The molecule has 106 valence electrons. The number of nitrogens with one attached hydrogen (secondary N) is 1. The van der Waals surface area contributed by atoms with Gasteiger partial charge in [-0.2, -0.15) is 0 Å². The lowest BCUT2D eigenvalue weighted by atomic mass is 9.94. The molecule has 5 heteroatoms. The van der Waals surface area contributed by atoms with Crippen molar-refractivity contribution in [3.63, 3.8) is 0 Å². The van der Waals surface area contributed by atoms with Crippen molar-refractivity contribution in [1.29, 1.82) is 0 Å². The van der Waals surface area contributed by atoms with Crippen molar-refractivity contribution in [3.05, 3.63) is 29.8 Å². The Morgan fingerprint density at radius 3 is 2.53 bits per heavy atom. The molecule has 0 saturated carbocycles. The molecule has 1 aromatic rings. The number of carbonyl (C=O) groups is 1. The third-order valence-electron chi connectivity index (χ3n) is 2.82. The van der Waals surface area contributed by atoms with Crippen molar-refractivity contribution < 1.29 is 13.6 Å². The van der Waals surface area contributed by atoms with Gasteiger partial charge in [-0.3, -0.25) is 4.79 Å². The van der Waals surface area contributed by atoms with Crippen molar-refractivity contribution in [1.82, 2.24) is 0 Å². The number of anilines is 1. The first-order chi connectivity index (χ1) is 8.92. The maximum atomic E-state index is 13.0. The molecule has 0 aliphatic carbocycles. The fourth-order valence-electron chi connectivity index (χ4n) is 1.98. The summed E-state index contributed by atoms with van der Waals surface area (Å²) in [6, 6.07) is 3.28. The van der Waals surface area contributed by atoms with E-state index in [1.807, 2.05) is 0 Å². The van der Waals surface area contributed by atoms with Gasteiger partial charge in [0, 0.05) is 18.2 Å². The zero-order valence-corrected chi connectivity index (χ0v) is 11.2. The normalized spacial score (nSPS) is 12.5. The van der Waals surface area contributed by atoms with Crippen molar-refractivity contribution in [3.8, 4) is 0 Å². The van der Waals surface area contributed by atoms with Gasteiger partial charge in [0.1, 0.15) is 0 Å². The number of amides is 1. The number of carbonyl (C=O) groups excluding carboxylic acids is 1. The fraction of sp³-hybridized carbons (Fsp3) is 0.500. The van der Waals surface area contributed by atoms with Crippen LogP contribution in [0, 0.1) is 23.5 Å². The standard InChI is InChI=1S/C14H20F2N2O/c1-9(2)5-10(8-17)6-14(19)18-11-3-4-12(15)13(16)7-11/h3-4,7,9-10H,5-6,8,17H2,1-2H3,(H,18,19). The van der Waals surface area contributed by atoms with Crippen LogP contribution in [0.2, 0.25) is 0 Å². The third kappa shape index (κ3) is 5.34. The first-order valence-electron chi connectivity index (χ1n) is 6.37. The van der Waals surface area contributed by atoms with E-state index < -0.39 is 11.6 Å². The molecular weight excluding hydrogens is 250 g/mol. The Balaban J connectivity index is 2.56. The first kappa shape index (κ1) is 15.6. The number of hydrogen-bond acceptors (Lipinski definition) is 2. The van der Waals surface area contributed by atoms with Gasteiger partial charge < -0.3 is 11.1 Å². The van der Waals surface area contributed by atoms with Crippen molar-refractivity contribution in [2.24, 2.45) is 17.6 Å². The molecule has 1 aromatic carbocycles. The molecule has 0 aliphatic heterocycles. The second kappa shape index (κ2) is 7.19. The fourth-order valence-corrected chi connectivity index (χ4v) is 1.98. The van der Waals surface area contributed by atoms with E-state index in [0.717, 1.165) is 18.6 Å². The highest BCUT2D eigenvalue weighted by atomic mass is 19.2. The zero-order chi connectivity index (χ0) is 14.4. The van der Waals surface area contributed by atoms with Gasteiger partial charge in [0.15, 0.2) is 11.6 Å². The summed E-state index contributed by atoms with van der Waals surface area (Å²) >= 11 is 0. The molecule has 3 N–H and O–H groups in total. The van der Waals surface area contributed by atoms with Crippen LogP contribution in [0.3, 0.4) is 0 Å². The maximum Gasteiger partial charge on any atom is 0.224 e. The lowest BCUT2D eigenvalue weighted by Gasteiger charge is -2.16. The van der Waals surface area contributed by atoms with Crippen LogP contribution >= 0.6 is 0 Å². The molecule has 0 fully saturated rings. The van der Waals surface area contributed by atoms with E-state index in [2.05, 4.69) is 19.2 Å². The van der Waals surface area contributed by atoms with E-state index in [-0.39, 0.29) is 23.9 Å². The molecule has 1 rings (SSSR count). The summed E-state index contributed by atoms with van der Waals surface area (Å²) in [6.45, 7) is 4.56. The van der Waals surface area contributed by atoms with Crippen LogP contribution in [0.1, 0.15) is 26.7 Å². The molecule has 1 unspecified atom stereocenters. The molecule has 0 saturated heterocycles. The molecule has 3 nitrogen and oxygen atoms in total. The molecule has 0 heterocycles. The zero-order valence-electron chi connectivity index (χ0n) is 11.2. The second-order valence-corrected chi connectivity index (χ2v) is 5.11. The minimum atomic E-state index is -0.977. The van der Waals surface area contributed by atoms with Crippen LogP contribution in [0.5, 0.6) is 0 Å². The van der Waals surface area contributed by atoms with Gasteiger partial charge in [-0.1, -0.05) is 13.8 Å². The lowest BCUT2D eigenvalue weighted by molar-refractivity contribution is -0.117. The minimum absolute atomic E-state index is 0.102. The molecule has 0 aliphatic rings.